The zero-order chi connectivity index (χ0) is 33.8. The number of nitrogens with zero attached hydrogens (tertiary/aromatic N) is 4. The fraction of sp³-hybridized carbons (Fsp3) is 0.368. The molecule has 5 aromatic rings. The highest BCUT2D eigenvalue weighted by Crippen LogP contribution is 2.34. The molecule has 1 aliphatic heterocycles. The van der Waals surface area contributed by atoms with E-state index in [4.69, 9.17) is 9.72 Å². The molecule has 1 saturated heterocycles. The largest absolute Gasteiger partial charge is 0.453 e. The van der Waals surface area contributed by atoms with Gasteiger partial charge in [-0.3, -0.25) is 9.69 Å². The Bertz CT molecular complexity index is 1860. The molecule has 10 nitrogen and oxygen atoms in total. The lowest BCUT2D eigenvalue weighted by Crippen LogP contribution is -2.51. The van der Waals surface area contributed by atoms with Crippen LogP contribution >= 0.6 is 0 Å². The number of aromatic amines is 2. The predicted molar refractivity (Wildman–Crippen MR) is 189 cm³/mol. The summed E-state index contributed by atoms with van der Waals surface area (Å²) in [5, 5.41) is 2.71. The topological polar surface area (TPSA) is 119 Å². The van der Waals surface area contributed by atoms with Crippen LogP contribution in [0.3, 0.4) is 0 Å². The van der Waals surface area contributed by atoms with Crippen molar-refractivity contribution in [3.63, 3.8) is 0 Å². The molecular weight excluding hydrogens is 602 g/mol. The number of methoxy groups -OCH3 is 1. The molecule has 10 heteroatoms. The summed E-state index contributed by atoms with van der Waals surface area (Å²) in [6, 6.07) is 22.6. The third-order valence-corrected chi connectivity index (χ3v) is 9.14. The number of hydrogen-bond acceptors (Lipinski definition) is 6. The van der Waals surface area contributed by atoms with Crippen molar-refractivity contribution in [2.45, 2.75) is 58.7 Å². The number of H-pyrrole nitrogens is 2. The van der Waals surface area contributed by atoms with Gasteiger partial charge in [0.05, 0.1) is 42.6 Å². The number of alkyl carbamates (subject to hydrolysis) is 1. The molecule has 6 rings (SSSR count). The SMILES string of the molecule is CCCN(C)Cc1ncc(-c2ccc(-c3ccc(-c4ccc5nc([C@@H]6CCCN6C(=O)C(NC(=O)OC)C(C)C)[nH]c5c4)cc3)cc2)[nH]1. The first-order valence-electron chi connectivity index (χ1n) is 16.8. The highest BCUT2D eigenvalue weighted by molar-refractivity contribution is 5.87. The molecule has 0 aliphatic carbocycles. The van der Waals surface area contributed by atoms with Gasteiger partial charge in [0.15, 0.2) is 0 Å². The summed E-state index contributed by atoms with van der Waals surface area (Å²) in [6.45, 7) is 8.49. The second kappa shape index (κ2) is 14.4. The lowest BCUT2D eigenvalue weighted by molar-refractivity contribution is -0.135. The maximum Gasteiger partial charge on any atom is 0.407 e. The van der Waals surface area contributed by atoms with Crippen molar-refractivity contribution >= 4 is 23.0 Å². The number of imidazole rings is 2. The Balaban J connectivity index is 1.15. The molecule has 0 saturated carbocycles. The van der Waals surface area contributed by atoms with Gasteiger partial charge in [-0.15, -0.1) is 0 Å². The highest BCUT2D eigenvalue weighted by Gasteiger charge is 2.37. The monoisotopic (exact) mass is 647 g/mol. The molecule has 48 heavy (non-hydrogen) atoms. The van der Waals surface area contributed by atoms with Gasteiger partial charge < -0.3 is 24.9 Å². The van der Waals surface area contributed by atoms with Gasteiger partial charge >= 0.3 is 6.09 Å². The van der Waals surface area contributed by atoms with Gasteiger partial charge in [-0.05, 0) is 78.7 Å². The first-order chi connectivity index (χ1) is 23.2. The molecule has 0 spiro atoms. The fourth-order valence-corrected chi connectivity index (χ4v) is 6.56. The quantitative estimate of drug-likeness (QED) is 0.140. The number of hydrogen-bond donors (Lipinski definition) is 3. The number of nitrogens with one attached hydrogen (secondary N) is 3. The van der Waals surface area contributed by atoms with Crippen LogP contribution in [0.15, 0.2) is 72.9 Å². The number of fused-ring (bicyclic) bond motifs is 1. The van der Waals surface area contributed by atoms with Crippen LogP contribution in [-0.4, -0.2) is 75.0 Å². The number of benzene rings is 3. The molecule has 3 N–H and O–H groups in total. The van der Waals surface area contributed by atoms with Crippen LogP contribution in [0.2, 0.25) is 0 Å². The summed E-state index contributed by atoms with van der Waals surface area (Å²) in [5.74, 6) is 1.54. The van der Waals surface area contributed by atoms with E-state index in [1.165, 1.54) is 7.11 Å². The van der Waals surface area contributed by atoms with Crippen LogP contribution in [0, 0.1) is 5.92 Å². The smallest absolute Gasteiger partial charge is 0.407 e. The summed E-state index contributed by atoms with van der Waals surface area (Å²) in [5.41, 5.74) is 8.41. The van der Waals surface area contributed by atoms with Crippen molar-refractivity contribution in [3.8, 4) is 33.5 Å². The molecule has 3 heterocycles. The minimum absolute atomic E-state index is 0.0834. The van der Waals surface area contributed by atoms with Gasteiger partial charge in [0.2, 0.25) is 5.91 Å². The van der Waals surface area contributed by atoms with Crippen LogP contribution in [0.1, 0.15) is 57.7 Å². The van der Waals surface area contributed by atoms with Crippen LogP contribution < -0.4 is 5.32 Å². The summed E-state index contributed by atoms with van der Waals surface area (Å²) < 4.78 is 4.76. The van der Waals surface area contributed by atoms with Crippen molar-refractivity contribution in [1.82, 2.24) is 35.1 Å². The van der Waals surface area contributed by atoms with Crippen molar-refractivity contribution < 1.29 is 14.3 Å². The lowest BCUT2D eigenvalue weighted by atomic mass is 9.99. The van der Waals surface area contributed by atoms with E-state index >= 15 is 0 Å². The molecule has 2 aromatic heterocycles. The van der Waals surface area contributed by atoms with Gasteiger partial charge in [0.25, 0.3) is 0 Å². The normalized spacial score (nSPS) is 15.4. The van der Waals surface area contributed by atoms with Crippen molar-refractivity contribution in [2.24, 2.45) is 5.92 Å². The summed E-state index contributed by atoms with van der Waals surface area (Å²) >= 11 is 0. The highest BCUT2D eigenvalue weighted by atomic mass is 16.5. The van der Waals surface area contributed by atoms with E-state index in [-0.39, 0.29) is 17.9 Å². The maximum absolute atomic E-state index is 13.5. The first kappa shape index (κ1) is 33.0. The van der Waals surface area contributed by atoms with E-state index in [1.54, 1.807) is 0 Å². The Morgan fingerprint density at radius 1 is 0.979 bits per heavy atom. The van der Waals surface area contributed by atoms with E-state index in [9.17, 15) is 9.59 Å². The fourth-order valence-electron chi connectivity index (χ4n) is 6.56. The summed E-state index contributed by atoms with van der Waals surface area (Å²) in [6.07, 6.45) is 4.11. The van der Waals surface area contributed by atoms with E-state index < -0.39 is 12.1 Å². The van der Waals surface area contributed by atoms with E-state index in [1.807, 2.05) is 31.0 Å². The molecule has 2 atom stereocenters. The number of amides is 2. The summed E-state index contributed by atoms with van der Waals surface area (Å²) in [7, 11) is 3.42. The third kappa shape index (κ3) is 7.13. The van der Waals surface area contributed by atoms with Crippen LogP contribution in [-0.2, 0) is 16.1 Å². The minimum atomic E-state index is -0.665. The molecule has 1 unspecified atom stereocenters. The molecule has 0 radical (unpaired) electrons. The van der Waals surface area contributed by atoms with Crippen LogP contribution in [0.4, 0.5) is 4.79 Å². The average Bonchev–Trinajstić information content (AvgIpc) is 3.86. The number of carbonyl (C=O) groups is 2. The Morgan fingerprint density at radius 3 is 2.27 bits per heavy atom. The van der Waals surface area contributed by atoms with Gasteiger partial charge in [-0.25, -0.2) is 14.8 Å². The number of carbonyl (C=O) groups excluding carboxylic acids is 2. The lowest BCUT2D eigenvalue weighted by Gasteiger charge is -2.29. The molecule has 0 bridgehead atoms. The van der Waals surface area contributed by atoms with Gasteiger partial charge in [-0.2, -0.15) is 0 Å². The molecule has 2 amide bonds. The van der Waals surface area contributed by atoms with Gasteiger partial charge in [0, 0.05) is 6.54 Å². The minimum Gasteiger partial charge on any atom is -0.453 e. The number of likely N-dealkylation sites (tertiary alicyclic amines) is 1. The Hall–Kier alpha value is -4.96. The second-order valence-corrected chi connectivity index (χ2v) is 13.0. The van der Waals surface area contributed by atoms with E-state index in [0.717, 1.165) is 88.5 Å². The van der Waals surface area contributed by atoms with E-state index in [2.05, 4.69) is 99.8 Å². The molecule has 1 fully saturated rings. The van der Waals surface area contributed by atoms with Crippen molar-refractivity contribution in [2.75, 3.05) is 27.2 Å². The zero-order valence-corrected chi connectivity index (χ0v) is 28.4. The number of aromatic nitrogens is 4. The first-order valence-corrected chi connectivity index (χ1v) is 16.8. The Kier molecular flexibility index (Phi) is 9.91. The van der Waals surface area contributed by atoms with E-state index in [0.29, 0.717) is 6.54 Å². The standard InChI is InChI=1S/C38H45N7O3/c1-6-19-44(4)23-34-39-22-32(40-34)28-15-13-26(14-16-28)25-9-11-27(12-10-25)29-17-18-30-31(21-29)42-36(41-30)33-8-7-20-45(33)37(46)35(24(2)3)43-38(47)48-5/h9-18,21-22,24,33,35H,6-8,19-20,23H2,1-5H3,(H,39,40)(H,41,42)(H,43,47)/t33-,35?/m0/s1. The van der Waals surface area contributed by atoms with Crippen LogP contribution in [0.5, 0.6) is 0 Å². The predicted octanol–water partition coefficient (Wildman–Crippen LogP) is 7.17. The van der Waals surface area contributed by atoms with Crippen LogP contribution in [0.25, 0.3) is 44.5 Å². The third-order valence-electron chi connectivity index (χ3n) is 9.14. The van der Waals surface area contributed by atoms with Gasteiger partial charge in [-0.1, -0.05) is 75.4 Å². The summed E-state index contributed by atoms with van der Waals surface area (Å²) in [4.78, 5) is 46.0. The van der Waals surface area contributed by atoms with Crippen molar-refractivity contribution in [1.29, 1.82) is 0 Å². The molecular formula is C38H45N7O3. The molecule has 250 valence electrons. The number of rotatable bonds is 11. The Labute approximate surface area is 281 Å². The molecule has 1 aliphatic rings. The Morgan fingerprint density at radius 2 is 1.62 bits per heavy atom. The second-order valence-electron chi connectivity index (χ2n) is 13.0. The zero-order valence-electron chi connectivity index (χ0n) is 28.4. The maximum atomic E-state index is 13.5. The average molecular weight is 648 g/mol. The molecule has 3 aromatic carbocycles. The number of ether oxygens (including phenoxy) is 1. The van der Waals surface area contributed by atoms with Gasteiger partial charge in [0.1, 0.15) is 17.7 Å². The van der Waals surface area contributed by atoms with Crippen molar-refractivity contribution in [3.05, 3.63) is 84.6 Å².